The molecule has 2 N–H and O–H groups in total. The zero-order valence-corrected chi connectivity index (χ0v) is 12.2. The molecule has 3 atom stereocenters. The van der Waals surface area contributed by atoms with Crippen LogP contribution in [0.4, 0.5) is 0 Å². The molecule has 3 unspecified atom stereocenters. The number of nitrogens with zero attached hydrogens (tertiary/aromatic N) is 1. The van der Waals surface area contributed by atoms with Gasteiger partial charge >= 0.3 is 0 Å². The molecule has 1 amide bonds. The molecule has 1 heterocycles. The van der Waals surface area contributed by atoms with Crippen molar-refractivity contribution in [3.05, 3.63) is 12.7 Å². The second-order valence-electron chi connectivity index (χ2n) is 5.43. The lowest BCUT2D eigenvalue weighted by atomic mass is 9.98. The first-order valence-corrected chi connectivity index (χ1v) is 6.94. The average Bonchev–Trinajstić information content (AvgIpc) is 2.92. The van der Waals surface area contributed by atoms with Crippen molar-refractivity contribution in [1.82, 2.24) is 4.90 Å². The summed E-state index contributed by atoms with van der Waals surface area (Å²) in [7, 11) is 0. The maximum Gasteiger partial charge on any atom is 0.222 e. The molecule has 5 heteroatoms. The molecule has 0 aromatic carbocycles. The Balaban J connectivity index is 0.00000180. The topological polar surface area (TPSA) is 55.6 Å². The number of nitrogens with two attached hydrogens (primary N) is 1. The smallest absolute Gasteiger partial charge is 0.222 e. The molecule has 0 radical (unpaired) electrons. The minimum absolute atomic E-state index is 0. The highest BCUT2D eigenvalue weighted by atomic mass is 35.5. The molecule has 0 spiro atoms. The maximum absolute atomic E-state index is 12.0. The fourth-order valence-corrected chi connectivity index (χ4v) is 3.16. The molecule has 1 saturated heterocycles. The average molecular weight is 289 g/mol. The molecule has 110 valence electrons. The highest BCUT2D eigenvalue weighted by Gasteiger charge is 2.42. The van der Waals surface area contributed by atoms with Gasteiger partial charge < -0.3 is 15.4 Å². The number of rotatable bonds is 6. The van der Waals surface area contributed by atoms with Crippen molar-refractivity contribution >= 4 is 18.3 Å². The molecule has 1 saturated carbocycles. The molecular formula is C14H25ClN2O2. The molecule has 0 bridgehead atoms. The Morgan fingerprint density at radius 1 is 1.42 bits per heavy atom. The summed E-state index contributed by atoms with van der Waals surface area (Å²) < 4.78 is 5.28. The number of hydrogen-bond donors (Lipinski definition) is 1. The van der Waals surface area contributed by atoms with Crippen LogP contribution in [0.1, 0.15) is 25.7 Å². The van der Waals surface area contributed by atoms with E-state index in [1.807, 2.05) is 4.90 Å². The monoisotopic (exact) mass is 288 g/mol. The molecule has 2 fully saturated rings. The van der Waals surface area contributed by atoms with E-state index in [9.17, 15) is 4.79 Å². The number of likely N-dealkylation sites (tertiary alicyclic amines) is 1. The predicted octanol–water partition coefficient (Wildman–Crippen LogP) is 1.59. The van der Waals surface area contributed by atoms with E-state index in [1.165, 1.54) is 6.42 Å². The van der Waals surface area contributed by atoms with Gasteiger partial charge in [-0.2, -0.15) is 0 Å². The highest BCUT2D eigenvalue weighted by Crippen LogP contribution is 2.37. The van der Waals surface area contributed by atoms with Crippen molar-refractivity contribution in [2.45, 2.75) is 31.7 Å². The molecule has 2 rings (SSSR count). The molecule has 0 aromatic heterocycles. The summed E-state index contributed by atoms with van der Waals surface area (Å²) in [5.41, 5.74) is 6.07. The van der Waals surface area contributed by atoms with Crippen LogP contribution in [-0.4, -0.2) is 43.2 Å². The number of fused-ring (bicyclic) bond motifs is 1. The van der Waals surface area contributed by atoms with E-state index in [4.69, 9.17) is 10.5 Å². The Labute approximate surface area is 121 Å². The van der Waals surface area contributed by atoms with Crippen molar-refractivity contribution in [2.24, 2.45) is 17.6 Å². The Bertz CT molecular complexity index is 312. The van der Waals surface area contributed by atoms with Gasteiger partial charge in [-0.15, -0.1) is 19.0 Å². The van der Waals surface area contributed by atoms with E-state index in [1.54, 1.807) is 6.08 Å². The van der Waals surface area contributed by atoms with Crippen LogP contribution in [-0.2, 0) is 9.53 Å². The summed E-state index contributed by atoms with van der Waals surface area (Å²) in [5.74, 6) is 1.46. The van der Waals surface area contributed by atoms with Gasteiger partial charge in [-0.3, -0.25) is 4.79 Å². The zero-order valence-electron chi connectivity index (χ0n) is 11.4. The van der Waals surface area contributed by atoms with Crippen LogP contribution < -0.4 is 5.73 Å². The van der Waals surface area contributed by atoms with Gasteiger partial charge in [0.2, 0.25) is 5.91 Å². The van der Waals surface area contributed by atoms with Gasteiger partial charge in [0.1, 0.15) is 0 Å². The van der Waals surface area contributed by atoms with Crippen LogP contribution in [0, 0.1) is 11.8 Å². The number of ether oxygens (including phenoxy) is 1. The van der Waals surface area contributed by atoms with Crippen LogP contribution in [0.25, 0.3) is 0 Å². The van der Waals surface area contributed by atoms with Gasteiger partial charge in [-0.25, -0.2) is 0 Å². The van der Waals surface area contributed by atoms with E-state index < -0.39 is 0 Å². The van der Waals surface area contributed by atoms with Gasteiger partial charge in [-0.1, -0.05) is 6.08 Å². The number of carbonyl (C=O) groups excluding carboxylic acids is 1. The molecule has 4 nitrogen and oxygen atoms in total. The third-order valence-corrected chi connectivity index (χ3v) is 4.18. The fourth-order valence-electron chi connectivity index (χ4n) is 3.16. The first-order chi connectivity index (χ1) is 8.72. The summed E-state index contributed by atoms with van der Waals surface area (Å²) in [4.78, 5) is 14.0. The summed E-state index contributed by atoms with van der Waals surface area (Å²) in [6.07, 6.45) is 5.44. The summed E-state index contributed by atoms with van der Waals surface area (Å²) in [5, 5.41) is 0. The molecule has 19 heavy (non-hydrogen) atoms. The molecule has 0 aromatic rings. The van der Waals surface area contributed by atoms with Crippen LogP contribution >= 0.6 is 12.4 Å². The zero-order chi connectivity index (χ0) is 13.0. The van der Waals surface area contributed by atoms with Crippen LogP contribution in [0.5, 0.6) is 0 Å². The lowest BCUT2D eigenvalue weighted by Gasteiger charge is -2.18. The summed E-state index contributed by atoms with van der Waals surface area (Å²) in [6, 6.07) is 0.309. The maximum atomic E-state index is 12.0. The minimum Gasteiger partial charge on any atom is -0.377 e. The summed E-state index contributed by atoms with van der Waals surface area (Å²) in [6.45, 7) is 6.58. The number of halogens is 1. The van der Waals surface area contributed by atoms with Gasteiger partial charge in [0.15, 0.2) is 0 Å². The molecule has 1 aliphatic carbocycles. The fraction of sp³-hybridized carbons (Fsp3) is 0.786. The highest BCUT2D eigenvalue weighted by molar-refractivity contribution is 5.85. The van der Waals surface area contributed by atoms with Crippen molar-refractivity contribution < 1.29 is 9.53 Å². The van der Waals surface area contributed by atoms with E-state index in [0.29, 0.717) is 37.5 Å². The van der Waals surface area contributed by atoms with Crippen molar-refractivity contribution in [2.75, 3.05) is 26.3 Å². The van der Waals surface area contributed by atoms with Crippen LogP contribution in [0.2, 0.25) is 0 Å². The van der Waals surface area contributed by atoms with Crippen LogP contribution in [0.15, 0.2) is 12.7 Å². The Hall–Kier alpha value is -0.580. The van der Waals surface area contributed by atoms with Gasteiger partial charge in [0, 0.05) is 32.2 Å². The molecule has 2 aliphatic rings. The van der Waals surface area contributed by atoms with Crippen LogP contribution in [0.3, 0.4) is 0 Å². The molecular weight excluding hydrogens is 264 g/mol. The van der Waals surface area contributed by atoms with E-state index in [-0.39, 0.29) is 18.3 Å². The van der Waals surface area contributed by atoms with Gasteiger partial charge in [0.05, 0.1) is 6.61 Å². The van der Waals surface area contributed by atoms with E-state index in [2.05, 4.69) is 6.58 Å². The predicted molar refractivity (Wildman–Crippen MR) is 78.3 cm³/mol. The number of carbonyl (C=O) groups is 1. The largest absolute Gasteiger partial charge is 0.377 e. The SMILES string of the molecule is C=CCOCCCC(=O)N1CC2CCC(N)C2C1.Cl. The Morgan fingerprint density at radius 2 is 2.21 bits per heavy atom. The standard InChI is InChI=1S/C14H24N2O2.ClH/c1-2-7-18-8-3-4-14(17)16-9-11-5-6-13(15)12(11)10-16;/h2,11-13H,1,3-10,15H2;1H. The van der Waals surface area contributed by atoms with Crippen molar-refractivity contribution in [3.8, 4) is 0 Å². The first-order valence-electron chi connectivity index (χ1n) is 6.94. The minimum atomic E-state index is 0. The number of hydrogen-bond acceptors (Lipinski definition) is 3. The lowest BCUT2D eigenvalue weighted by molar-refractivity contribution is -0.130. The summed E-state index contributed by atoms with van der Waals surface area (Å²) >= 11 is 0. The third-order valence-electron chi connectivity index (χ3n) is 4.18. The first kappa shape index (κ1) is 16.5. The second-order valence-corrected chi connectivity index (χ2v) is 5.43. The third kappa shape index (κ3) is 4.20. The van der Waals surface area contributed by atoms with Gasteiger partial charge in [0.25, 0.3) is 0 Å². The van der Waals surface area contributed by atoms with E-state index in [0.717, 1.165) is 25.9 Å². The normalized spacial score (nSPS) is 28.9. The quantitative estimate of drug-likeness (QED) is 0.596. The second kappa shape index (κ2) is 7.88. The Morgan fingerprint density at radius 3 is 2.89 bits per heavy atom. The van der Waals surface area contributed by atoms with Crippen molar-refractivity contribution in [3.63, 3.8) is 0 Å². The molecule has 1 aliphatic heterocycles. The Kier molecular flexibility index (Phi) is 6.83. The van der Waals surface area contributed by atoms with Crippen molar-refractivity contribution in [1.29, 1.82) is 0 Å². The number of amides is 1. The van der Waals surface area contributed by atoms with E-state index >= 15 is 0 Å². The lowest BCUT2D eigenvalue weighted by Crippen LogP contribution is -2.33. The van der Waals surface area contributed by atoms with Gasteiger partial charge in [-0.05, 0) is 31.1 Å².